The fourth-order valence-corrected chi connectivity index (χ4v) is 1.69. The monoisotopic (exact) mass is 170 g/mol. The van der Waals surface area contributed by atoms with Gasteiger partial charge in [0.2, 0.25) is 0 Å². The van der Waals surface area contributed by atoms with E-state index < -0.39 is 0 Å². The van der Waals surface area contributed by atoms with Crippen LogP contribution in [0.1, 0.15) is 27.7 Å². The summed E-state index contributed by atoms with van der Waals surface area (Å²) in [5.74, 6) is 0.638. The molecular formula is C10H18S. The molecule has 1 heteroatoms. The van der Waals surface area contributed by atoms with Crippen LogP contribution in [0.2, 0.25) is 0 Å². The summed E-state index contributed by atoms with van der Waals surface area (Å²) in [7, 11) is 0. The topological polar surface area (TPSA) is 0 Å². The van der Waals surface area contributed by atoms with Crippen LogP contribution in [-0.2, 0) is 0 Å². The van der Waals surface area contributed by atoms with Gasteiger partial charge in [-0.2, -0.15) is 0 Å². The van der Waals surface area contributed by atoms with E-state index in [9.17, 15) is 0 Å². The molecule has 0 aromatic rings. The molecule has 0 aliphatic carbocycles. The highest BCUT2D eigenvalue weighted by molar-refractivity contribution is 8.01. The molecule has 0 saturated carbocycles. The largest absolute Gasteiger partial charge is 0.137 e. The quantitative estimate of drug-likeness (QED) is 0.580. The lowest BCUT2D eigenvalue weighted by Crippen LogP contribution is -1.94. The predicted octanol–water partition coefficient (Wildman–Crippen LogP) is 3.86. The highest BCUT2D eigenvalue weighted by Gasteiger charge is 2.02. The van der Waals surface area contributed by atoms with E-state index in [2.05, 4.69) is 45.4 Å². The molecule has 0 amide bonds. The molecule has 0 aliphatic heterocycles. The van der Waals surface area contributed by atoms with Gasteiger partial charge in [-0.1, -0.05) is 25.5 Å². The summed E-state index contributed by atoms with van der Waals surface area (Å²) in [5, 5.41) is 2.24. The molecule has 0 aromatic carbocycles. The first-order valence-electron chi connectivity index (χ1n) is 3.99. The molecule has 0 aliphatic rings. The van der Waals surface area contributed by atoms with Crippen LogP contribution in [-0.4, -0.2) is 6.26 Å². The number of allylic oxidation sites excluding steroid dienone is 3. The number of hydrogen-bond donors (Lipinski definition) is 0. The Bertz CT molecular complexity index is 164. The Kier molecular flexibility index (Phi) is 5.39. The second kappa shape index (κ2) is 5.48. The zero-order valence-corrected chi connectivity index (χ0v) is 8.96. The fraction of sp³-hybridized carbons (Fsp3) is 0.600. The molecule has 0 atom stereocenters. The van der Waals surface area contributed by atoms with Gasteiger partial charge in [0.15, 0.2) is 0 Å². The van der Waals surface area contributed by atoms with Crippen molar-refractivity contribution in [3.05, 3.63) is 22.6 Å². The van der Waals surface area contributed by atoms with E-state index in [1.165, 1.54) is 11.1 Å². The lowest BCUT2D eigenvalue weighted by atomic mass is 9.98. The molecule has 0 heterocycles. The Hall–Kier alpha value is -0.170. The van der Waals surface area contributed by atoms with E-state index in [1.54, 1.807) is 11.8 Å². The first-order chi connectivity index (χ1) is 5.13. The third-order valence-electron chi connectivity index (χ3n) is 1.76. The van der Waals surface area contributed by atoms with Crippen molar-refractivity contribution in [3.63, 3.8) is 0 Å². The van der Waals surface area contributed by atoms with Crippen LogP contribution in [0.3, 0.4) is 0 Å². The minimum atomic E-state index is 0.638. The van der Waals surface area contributed by atoms with Crippen LogP contribution < -0.4 is 0 Å². The summed E-state index contributed by atoms with van der Waals surface area (Å²) < 4.78 is 0. The van der Waals surface area contributed by atoms with Crippen LogP contribution in [0.15, 0.2) is 22.6 Å². The first kappa shape index (κ1) is 10.8. The van der Waals surface area contributed by atoms with E-state index in [4.69, 9.17) is 0 Å². The van der Waals surface area contributed by atoms with Gasteiger partial charge in [0.1, 0.15) is 0 Å². The van der Waals surface area contributed by atoms with Crippen molar-refractivity contribution in [2.24, 2.45) is 5.92 Å². The summed E-state index contributed by atoms with van der Waals surface area (Å²) >= 11 is 1.78. The Morgan fingerprint density at radius 2 is 1.91 bits per heavy atom. The molecule has 0 unspecified atom stereocenters. The number of hydrogen-bond acceptors (Lipinski definition) is 1. The Balaban J connectivity index is 4.48. The lowest BCUT2D eigenvalue weighted by molar-refractivity contribution is 0.779. The highest BCUT2D eigenvalue weighted by atomic mass is 32.2. The normalized spacial score (nSPS) is 14.4. The van der Waals surface area contributed by atoms with Crippen LogP contribution in [0.4, 0.5) is 0 Å². The Morgan fingerprint density at radius 1 is 1.36 bits per heavy atom. The van der Waals surface area contributed by atoms with E-state index in [0.29, 0.717) is 5.92 Å². The molecule has 0 saturated heterocycles. The molecule has 0 fully saturated rings. The van der Waals surface area contributed by atoms with Gasteiger partial charge in [0, 0.05) is 0 Å². The minimum Gasteiger partial charge on any atom is -0.137 e. The number of rotatable bonds is 3. The van der Waals surface area contributed by atoms with Gasteiger partial charge in [-0.3, -0.25) is 0 Å². The zero-order valence-electron chi connectivity index (χ0n) is 8.14. The van der Waals surface area contributed by atoms with Gasteiger partial charge >= 0.3 is 0 Å². The van der Waals surface area contributed by atoms with Crippen molar-refractivity contribution in [2.75, 3.05) is 6.26 Å². The second-order valence-corrected chi connectivity index (χ2v) is 3.64. The smallest absolute Gasteiger partial charge is 0.0142 e. The van der Waals surface area contributed by atoms with Gasteiger partial charge in [-0.15, -0.1) is 11.8 Å². The van der Waals surface area contributed by atoms with E-state index in [1.807, 2.05) is 0 Å². The van der Waals surface area contributed by atoms with Crippen molar-refractivity contribution >= 4 is 11.8 Å². The average Bonchev–Trinajstić information content (AvgIpc) is 1.98. The molecule has 0 N–H and O–H groups in total. The molecule has 0 nitrogen and oxygen atoms in total. The third kappa shape index (κ3) is 3.66. The average molecular weight is 170 g/mol. The molecule has 64 valence electrons. The minimum absolute atomic E-state index is 0.638. The molecule has 0 radical (unpaired) electrons. The third-order valence-corrected chi connectivity index (χ3v) is 2.24. The van der Waals surface area contributed by atoms with Crippen LogP contribution in [0.25, 0.3) is 0 Å². The van der Waals surface area contributed by atoms with Crippen molar-refractivity contribution < 1.29 is 0 Å². The predicted molar refractivity (Wildman–Crippen MR) is 55.9 cm³/mol. The second-order valence-electron chi connectivity index (χ2n) is 2.94. The summed E-state index contributed by atoms with van der Waals surface area (Å²) in [6, 6.07) is 0. The number of thioether (sulfide) groups is 1. The Morgan fingerprint density at radius 3 is 2.18 bits per heavy atom. The Labute approximate surface area is 74.8 Å². The molecule has 11 heavy (non-hydrogen) atoms. The van der Waals surface area contributed by atoms with Crippen LogP contribution in [0, 0.1) is 5.92 Å². The maximum absolute atomic E-state index is 2.24. The summed E-state index contributed by atoms with van der Waals surface area (Å²) in [5.41, 5.74) is 2.86. The maximum Gasteiger partial charge on any atom is -0.0142 e. The lowest BCUT2D eigenvalue weighted by Gasteiger charge is -2.10. The molecule has 0 rings (SSSR count). The maximum atomic E-state index is 2.24. The molecule has 0 aromatic heterocycles. The van der Waals surface area contributed by atoms with Gasteiger partial charge < -0.3 is 0 Å². The molecule has 0 spiro atoms. The fourth-order valence-electron chi connectivity index (χ4n) is 0.978. The van der Waals surface area contributed by atoms with Gasteiger partial charge in [0.05, 0.1) is 0 Å². The van der Waals surface area contributed by atoms with Crippen LogP contribution >= 0.6 is 11.8 Å². The van der Waals surface area contributed by atoms with Crippen molar-refractivity contribution in [1.82, 2.24) is 0 Å². The first-order valence-corrected chi connectivity index (χ1v) is 5.28. The van der Waals surface area contributed by atoms with Gasteiger partial charge in [0.25, 0.3) is 0 Å². The van der Waals surface area contributed by atoms with E-state index in [0.717, 1.165) is 0 Å². The van der Waals surface area contributed by atoms with Crippen LogP contribution in [0.5, 0.6) is 0 Å². The molecule has 0 bridgehead atoms. The van der Waals surface area contributed by atoms with Crippen molar-refractivity contribution in [3.8, 4) is 0 Å². The van der Waals surface area contributed by atoms with E-state index >= 15 is 0 Å². The SMILES string of the molecule is C/C=C(C)\C(=C/SC)C(C)C. The summed E-state index contributed by atoms with van der Waals surface area (Å²) in [6.07, 6.45) is 4.27. The van der Waals surface area contributed by atoms with Crippen molar-refractivity contribution in [2.45, 2.75) is 27.7 Å². The zero-order chi connectivity index (χ0) is 8.85. The van der Waals surface area contributed by atoms with Gasteiger partial charge in [-0.05, 0) is 37.0 Å². The van der Waals surface area contributed by atoms with Crippen molar-refractivity contribution in [1.29, 1.82) is 0 Å². The summed E-state index contributed by atoms with van der Waals surface area (Å²) in [6.45, 7) is 8.72. The standard InChI is InChI=1S/C10H18S/c1-6-9(4)10(7-11-5)8(2)3/h6-8H,1-5H3/b9-6-,10-7-. The summed E-state index contributed by atoms with van der Waals surface area (Å²) in [4.78, 5) is 0. The highest BCUT2D eigenvalue weighted by Crippen LogP contribution is 2.21. The van der Waals surface area contributed by atoms with E-state index in [-0.39, 0.29) is 0 Å². The molecular weight excluding hydrogens is 152 g/mol. The van der Waals surface area contributed by atoms with Gasteiger partial charge in [-0.25, -0.2) is 0 Å².